The fourth-order valence-corrected chi connectivity index (χ4v) is 2.24. The third-order valence-electron chi connectivity index (χ3n) is 3.28. The molecule has 96 valence electrons. The van der Waals surface area contributed by atoms with Gasteiger partial charge in [-0.1, -0.05) is 13.3 Å². The van der Waals surface area contributed by atoms with Gasteiger partial charge in [-0.05, 0) is 6.42 Å². The van der Waals surface area contributed by atoms with Crippen LogP contribution in [0.1, 0.15) is 47.0 Å². The number of Topliss-reactive ketones (excluding diaryl/α,β-unsaturated/α-hetero) is 2. The zero-order valence-corrected chi connectivity index (χ0v) is 10.4. The lowest BCUT2D eigenvalue weighted by Crippen LogP contribution is -2.38. The van der Waals surface area contributed by atoms with Gasteiger partial charge in [-0.25, -0.2) is 4.98 Å². The highest BCUT2D eigenvalue weighted by Gasteiger charge is 2.36. The van der Waals surface area contributed by atoms with Gasteiger partial charge in [0.1, 0.15) is 11.3 Å². The van der Waals surface area contributed by atoms with Gasteiger partial charge in [0.15, 0.2) is 11.6 Å². The maximum atomic E-state index is 12.2. The van der Waals surface area contributed by atoms with E-state index < -0.39 is 11.5 Å². The number of anilines is 1. The Morgan fingerprint density at radius 1 is 1.39 bits per heavy atom. The maximum Gasteiger partial charge on any atom is 0.266 e. The Morgan fingerprint density at radius 3 is 2.67 bits per heavy atom. The van der Waals surface area contributed by atoms with E-state index in [9.17, 15) is 14.4 Å². The molecule has 0 aliphatic heterocycles. The summed E-state index contributed by atoms with van der Waals surface area (Å²) in [5.41, 5.74) is 4.85. The van der Waals surface area contributed by atoms with Crippen molar-refractivity contribution in [2.75, 3.05) is 5.73 Å². The predicted molar refractivity (Wildman–Crippen MR) is 65.6 cm³/mol. The quantitative estimate of drug-likeness (QED) is 0.825. The third-order valence-corrected chi connectivity index (χ3v) is 3.28. The van der Waals surface area contributed by atoms with Crippen LogP contribution in [0, 0.1) is 5.92 Å². The molecule has 0 spiro atoms. The standard InChI is InChI=1S/C12H15N3O3/c1-3-4-6-5-7(16)9-8(10(6)17)11(18)15(2)12(13)14-9/h6H,3-5H2,1-2H3,(H2,13,14). The van der Waals surface area contributed by atoms with E-state index in [1.807, 2.05) is 6.92 Å². The molecule has 1 atom stereocenters. The number of nitrogen functional groups attached to an aromatic ring is 1. The van der Waals surface area contributed by atoms with Crippen LogP contribution in [-0.2, 0) is 7.05 Å². The number of nitrogens with two attached hydrogens (primary N) is 1. The number of nitrogens with zero attached hydrogens (tertiary/aromatic N) is 2. The molecule has 2 N–H and O–H groups in total. The van der Waals surface area contributed by atoms with Crippen LogP contribution in [0.2, 0.25) is 0 Å². The first-order chi connectivity index (χ1) is 8.47. The van der Waals surface area contributed by atoms with Crippen molar-refractivity contribution in [1.82, 2.24) is 9.55 Å². The minimum Gasteiger partial charge on any atom is -0.369 e. The Hall–Kier alpha value is -1.98. The highest BCUT2D eigenvalue weighted by atomic mass is 16.2. The lowest BCUT2D eigenvalue weighted by Gasteiger charge is -2.21. The molecule has 1 aromatic heterocycles. The molecule has 1 heterocycles. The van der Waals surface area contributed by atoms with Crippen LogP contribution in [-0.4, -0.2) is 21.1 Å². The topological polar surface area (TPSA) is 95.1 Å². The second-order valence-corrected chi connectivity index (χ2v) is 4.53. The van der Waals surface area contributed by atoms with E-state index in [2.05, 4.69) is 4.98 Å². The molecular weight excluding hydrogens is 234 g/mol. The number of hydrogen-bond donors (Lipinski definition) is 1. The average Bonchev–Trinajstić information content (AvgIpc) is 2.32. The zero-order valence-electron chi connectivity index (χ0n) is 10.4. The van der Waals surface area contributed by atoms with E-state index in [1.54, 1.807) is 0 Å². The molecule has 0 saturated heterocycles. The monoisotopic (exact) mass is 249 g/mol. The molecule has 0 aromatic carbocycles. The Bertz CT molecular complexity index is 589. The molecule has 1 aliphatic rings. The summed E-state index contributed by atoms with van der Waals surface area (Å²) in [6.07, 6.45) is 1.53. The van der Waals surface area contributed by atoms with Crippen LogP contribution in [0.5, 0.6) is 0 Å². The van der Waals surface area contributed by atoms with Crippen molar-refractivity contribution >= 4 is 17.5 Å². The first kappa shape index (κ1) is 12.5. The number of aromatic nitrogens is 2. The molecule has 1 unspecified atom stereocenters. The van der Waals surface area contributed by atoms with Crippen molar-refractivity contribution in [2.24, 2.45) is 13.0 Å². The Morgan fingerprint density at radius 2 is 2.06 bits per heavy atom. The SMILES string of the molecule is CCCC1CC(=O)c2nc(N)n(C)c(=O)c2C1=O. The molecule has 0 saturated carbocycles. The van der Waals surface area contributed by atoms with Gasteiger partial charge in [-0.2, -0.15) is 0 Å². The molecule has 6 heteroatoms. The molecule has 1 aromatic rings. The smallest absolute Gasteiger partial charge is 0.266 e. The number of hydrogen-bond acceptors (Lipinski definition) is 5. The van der Waals surface area contributed by atoms with Crippen molar-refractivity contribution in [3.05, 3.63) is 21.6 Å². The van der Waals surface area contributed by atoms with E-state index >= 15 is 0 Å². The summed E-state index contributed by atoms with van der Waals surface area (Å²) in [5.74, 6) is -0.992. The van der Waals surface area contributed by atoms with Crippen molar-refractivity contribution in [1.29, 1.82) is 0 Å². The minimum atomic E-state index is -0.531. The van der Waals surface area contributed by atoms with Crippen LogP contribution < -0.4 is 11.3 Å². The second kappa shape index (κ2) is 4.36. The van der Waals surface area contributed by atoms with E-state index in [0.29, 0.717) is 6.42 Å². The normalized spacial score (nSPS) is 18.9. The summed E-state index contributed by atoms with van der Waals surface area (Å²) in [5, 5.41) is 0. The Labute approximate surface area is 104 Å². The van der Waals surface area contributed by atoms with Gasteiger partial charge in [0, 0.05) is 19.4 Å². The van der Waals surface area contributed by atoms with Gasteiger partial charge in [-0.15, -0.1) is 0 Å². The molecule has 0 fully saturated rings. The summed E-state index contributed by atoms with van der Waals surface area (Å²) in [6, 6.07) is 0. The summed E-state index contributed by atoms with van der Waals surface area (Å²) in [7, 11) is 1.44. The first-order valence-electron chi connectivity index (χ1n) is 5.91. The van der Waals surface area contributed by atoms with Crippen molar-refractivity contribution < 1.29 is 9.59 Å². The average molecular weight is 249 g/mol. The number of carbonyl (C=O) groups excluding carboxylic acids is 2. The summed E-state index contributed by atoms with van der Waals surface area (Å²) < 4.78 is 1.10. The van der Waals surface area contributed by atoms with E-state index in [-0.39, 0.29) is 35.2 Å². The molecule has 6 nitrogen and oxygen atoms in total. The van der Waals surface area contributed by atoms with E-state index in [4.69, 9.17) is 5.73 Å². The van der Waals surface area contributed by atoms with Crippen LogP contribution in [0.4, 0.5) is 5.95 Å². The summed E-state index contributed by atoms with van der Waals surface area (Å²) in [6.45, 7) is 1.94. The number of ketones is 2. The van der Waals surface area contributed by atoms with Crippen LogP contribution in [0.25, 0.3) is 0 Å². The van der Waals surface area contributed by atoms with E-state index in [0.717, 1.165) is 11.0 Å². The number of fused-ring (bicyclic) bond motifs is 1. The molecular formula is C12H15N3O3. The zero-order chi connectivity index (χ0) is 13.4. The summed E-state index contributed by atoms with van der Waals surface area (Å²) >= 11 is 0. The van der Waals surface area contributed by atoms with Gasteiger partial charge < -0.3 is 5.73 Å². The van der Waals surface area contributed by atoms with Gasteiger partial charge >= 0.3 is 0 Å². The fraction of sp³-hybridized carbons (Fsp3) is 0.500. The predicted octanol–water partition coefficient (Wildman–Crippen LogP) is 0.548. The molecule has 0 amide bonds. The largest absolute Gasteiger partial charge is 0.369 e. The molecule has 0 radical (unpaired) electrons. The second-order valence-electron chi connectivity index (χ2n) is 4.53. The van der Waals surface area contributed by atoms with Gasteiger partial charge in [0.2, 0.25) is 5.95 Å². The first-order valence-corrected chi connectivity index (χ1v) is 5.91. The molecule has 0 bridgehead atoms. The van der Waals surface area contributed by atoms with Crippen molar-refractivity contribution in [3.63, 3.8) is 0 Å². The third kappa shape index (κ3) is 1.73. The lowest BCUT2D eigenvalue weighted by molar-refractivity contribution is 0.0810. The highest BCUT2D eigenvalue weighted by Crippen LogP contribution is 2.25. The van der Waals surface area contributed by atoms with Gasteiger partial charge in [-0.3, -0.25) is 19.0 Å². The maximum absolute atomic E-state index is 12.2. The number of carbonyl (C=O) groups is 2. The van der Waals surface area contributed by atoms with Crippen LogP contribution >= 0.6 is 0 Å². The van der Waals surface area contributed by atoms with Crippen molar-refractivity contribution in [2.45, 2.75) is 26.2 Å². The van der Waals surface area contributed by atoms with Crippen LogP contribution in [0.15, 0.2) is 4.79 Å². The Kier molecular flexibility index (Phi) is 3.02. The lowest BCUT2D eigenvalue weighted by atomic mass is 9.82. The van der Waals surface area contributed by atoms with Gasteiger partial charge in [0.25, 0.3) is 5.56 Å². The summed E-state index contributed by atoms with van der Waals surface area (Å²) in [4.78, 5) is 40.0. The molecule has 18 heavy (non-hydrogen) atoms. The fourth-order valence-electron chi connectivity index (χ4n) is 2.24. The number of rotatable bonds is 2. The highest BCUT2D eigenvalue weighted by molar-refractivity contribution is 6.13. The van der Waals surface area contributed by atoms with Gasteiger partial charge in [0.05, 0.1) is 0 Å². The molecule has 1 aliphatic carbocycles. The van der Waals surface area contributed by atoms with E-state index in [1.165, 1.54) is 7.05 Å². The molecule has 2 rings (SSSR count). The minimum absolute atomic E-state index is 0.0474. The van der Waals surface area contributed by atoms with Crippen LogP contribution in [0.3, 0.4) is 0 Å². The van der Waals surface area contributed by atoms with Crippen molar-refractivity contribution in [3.8, 4) is 0 Å². The Balaban J connectivity index is 2.64.